The summed E-state index contributed by atoms with van der Waals surface area (Å²) < 4.78 is 27.3. The fourth-order valence-corrected chi connectivity index (χ4v) is 4.98. The van der Waals surface area contributed by atoms with Crippen molar-refractivity contribution in [3.63, 3.8) is 0 Å². The molecule has 2 amide bonds. The van der Waals surface area contributed by atoms with Crippen LogP contribution in [0.5, 0.6) is 0 Å². The molecule has 2 unspecified atom stereocenters. The maximum Gasteiger partial charge on any atom is 0.257 e. The largest absolute Gasteiger partial charge is 0.394 e. The van der Waals surface area contributed by atoms with Gasteiger partial charge in [-0.2, -0.15) is 0 Å². The summed E-state index contributed by atoms with van der Waals surface area (Å²) in [6.07, 6.45) is 0. The molecule has 0 aromatic heterocycles. The summed E-state index contributed by atoms with van der Waals surface area (Å²) in [6.45, 7) is 0. The number of nitrogens with one attached hydrogen (secondary N) is 2. The maximum atomic E-state index is 14.2. The molecule has 34 heavy (non-hydrogen) atoms. The highest BCUT2D eigenvalue weighted by Crippen LogP contribution is 2.65. The van der Waals surface area contributed by atoms with E-state index in [0.717, 1.165) is 21.3 Å². The van der Waals surface area contributed by atoms with Gasteiger partial charge in [-0.15, -0.1) is 23.2 Å². The van der Waals surface area contributed by atoms with Gasteiger partial charge in [-0.05, 0) is 70.6 Å². The predicted octanol–water partition coefficient (Wildman–Crippen LogP) is 6.58. The lowest BCUT2D eigenvalue weighted by molar-refractivity contribution is -0.117. The van der Waals surface area contributed by atoms with Gasteiger partial charge < -0.3 is 16.4 Å². The van der Waals surface area contributed by atoms with E-state index in [-0.39, 0.29) is 22.0 Å². The maximum absolute atomic E-state index is 14.2. The second kappa shape index (κ2) is 9.49. The van der Waals surface area contributed by atoms with Crippen molar-refractivity contribution in [1.82, 2.24) is 0 Å². The number of amides is 2. The van der Waals surface area contributed by atoms with Crippen molar-refractivity contribution >= 4 is 86.3 Å². The average Bonchev–Trinajstić information content (AvgIpc) is 3.37. The Balaban J connectivity index is 1.51. The Morgan fingerprint density at radius 2 is 1.68 bits per heavy atom. The van der Waals surface area contributed by atoms with E-state index in [4.69, 9.17) is 40.5 Å². The van der Waals surface area contributed by atoms with E-state index in [1.807, 2.05) is 24.3 Å². The number of nitrogen functional groups attached to an aromatic ring is 1. The molecule has 1 saturated carbocycles. The first-order chi connectivity index (χ1) is 16.0. The minimum absolute atomic E-state index is 0.0465. The Kier molecular flexibility index (Phi) is 6.97. The summed E-state index contributed by atoms with van der Waals surface area (Å²) in [5, 5.41) is 5.04. The fraction of sp³-hybridized carbons (Fsp3) is 0.130. The van der Waals surface area contributed by atoms with Crippen LogP contribution in [0.4, 0.5) is 25.8 Å². The lowest BCUT2D eigenvalue weighted by Gasteiger charge is -2.11. The van der Waals surface area contributed by atoms with Crippen LogP contribution in [-0.2, 0) is 4.79 Å². The summed E-state index contributed by atoms with van der Waals surface area (Å²) in [5.41, 5.74) is 5.34. The molecule has 3 aromatic rings. The summed E-state index contributed by atoms with van der Waals surface area (Å²) in [5.74, 6) is -4.37. The summed E-state index contributed by atoms with van der Waals surface area (Å²) >= 11 is 21.1. The van der Waals surface area contributed by atoms with Gasteiger partial charge in [-0.1, -0.05) is 23.7 Å². The van der Waals surface area contributed by atoms with E-state index in [2.05, 4.69) is 33.2 Å². The quantitative estimate of drug-likeness (QED) is 0.168. The molecule has 11 heteroatoms. The lowest BCUT2D eigenvalue weighted by Crippen LogP contribution is -2.18. The highest BCUT2D eigenvalue weighted by molar-refractivity contribution is 14.1. The van der Waals surface area contributed by atoms with E-state index >= 15 is 0 Å². The van der Waals surface area contributed by atoms with E-state index in [1.165, 1.54) is 18.2 Å². The van der Waals surface area contributed by atoms with Gasteiger partial charge in [0.2, 0.25) is 5.91 Å². The molecule has 176 valence electrons. The second-order valence-electron chi connectivity index (χ2n) is 7.64. The number of hydrogen-bond donors (Lipinski definition) is 3. The first-order valence-corrected chi connectivity index (χ1v) is 12.0. The van der Waals surface area contributed by atoms with Crippen LogP contribution in [0, 0.1) is 21.1 Å². The van der Waals surface area contributed by atoms with Crippen molar-refractivity contribution in [3.05, 3.63) is 86.0 Å². The Morgan fingerprint density at radius 3 is 2.35 bits per heavy atom. The Morgan fingerprint density at radius 1 is 1.00 bits per heavy atom. The minimum Gasteiger partial charge on any atom is -0.394 e. The van der Waals surface area contributed by atoms with E-state index in [1.54, 1.807) is 0 Å². The van der Waals surface area contributed by atoms with E-state index < -0.39 is 45.3 Å². The molecule has 0 spiro atoms. The van der Waals surface area contributed by atoms with Gasteiger partial charge in [0.1, 0.15) is 15.8 Å². The molecule has 0 aliphatic heterocycles. The number of benzene rings is 3. The zero-order chi connectivity index (χ0) is 24.8. The van der Waals surface area contributed by atoms with Gasteiger partial charge in [-0.3, -0.25) is 9.59 Å². The summed E-state index contributed by atoms with van der Waals surface area (Å²) in [7, 11) is 0. The number of carbonyl (C=O) groups is 2. The van der Waals surface area contributed by atoms with Crippen molar-refractivity contribution < 1.29 is 18.4 Å². The zero-order valence-electron chi connectivity index (χ0n) is 17.0. The smallest absolute Gasteiger partial charge is 0.257 e. The molecule has 3 aromatic carbocycles. The number of halogens is 6. The molecular weight excluding hydrogens is 622 g/mol. The van der Waals surface area contributed by atoms with Crippen molar-refractivity contribution in [2.24, 2.45) is 5.92 Å². The van der Waals surface area contributed by atoms with Crippen LogP contribution in [0.1, 0.15) is 21.8 Å². The number of anilines is 3. The van der Waals surface area contributed by atoms with Gasteiger partial charge >= 0.3 is 0 Å². The van der Waals surface area contributed by atoms with Crippen LogP contribution in [0.25, 0.3) is 0 Å². The number of hydrogen-bond acceptors (Lipinski definition) is 3. The van der Waals surface area contributed by atoms with Gasteiger partial charge in [0.05, 0.1) is 22.2 Å². The number of rotatable bonds is 5. The molecule has 0 radical (unpaired) electrons. The fourth-order valence-electron chi connectivity index (χ4n) is 3.59. The SMILES string of the molecule is Nc1c(F)ccc(NC(=O)c2cc(NC(=O)C3C(c4ccc(I)cc4)C3(Cl)Cl)ccc2Cl)c1F. The molecule has 1 fully saturated rings. The highest BCUT2D eigenvalue weighted by atomic mass is 127. The third kappa shape index (κ3) is 4.82. The molecule has 0 saturated heterocycles. The molecule has 1 aliphatic carbocycles. The topological polar surface area (TPSA) is 84.2 Å². The molecule has 4 rings (SSSR count). The minimum atomic E-state index is -1.27. The summed E-state index contributed by atoms with van der Waals surface area (Å²) in [6, 6.07) is 13.7. The third-order valence-electron chi connectivity index (χ3n) is 5.42. The molecule has 2 atom stereocenters. The van der Waals surface area contributed by atoms with Crippen LogP contribution in [0.2, 0.25) is 5.02 Å². The Bertz CT molecular complexity index is 1310. The molecule has 0 heterocycles. The molecule has 0 bridgehead atoms. The lowest BCUT2D eigenvalue weighted by atomic mass is 10.1. The average molecular weight is 637 g/mol. The number of carbonyl (C=O) groups excluding carboxylic acids is 2. The van der Waals surface area contributed by atoms with Crippen LogP contribution in [0.3, 0.4) is 0 Å². The Labute approximate surface area is 222 Å². The third-order valence-corrected chi connectivity index (χ3v) is 7.41. The van der Waals surface area contributed by atoms with E-state index in [0.29, 0.717) is 0 Å². The van der Waals surface area contributed by atoms with Crippen LogP contribution in [0.15, 0.2) is 54.6 Å². The van der Waals surface area contributed by atoms with Crippen molar-refractivity contribution in [2.45, 2.75) is 10.3 Å². The van der Waals surface area contributed by atoms with Gasteiger partial charge in [0, 0.05) is 15.2 Å². The first kappa shape index (κ1) is 25.0. The van der Waals surface area contributed by atoms with Gasteiger partial charge in [0.15, 0.2) is 5.82 Å². The normalized spacial score (nSPS) is 18.3. The standard InChI is InChI=1S/C23H15Cl3F2IN3O2/c24-14-6-5-12(9-13(14)21(33)32-16-8-7-15(27)20(30)19(16)28)31-22(34)18-17(23(18,25)26)10-1-3-11(29)4-2-10/h1-9,17-18H,30H2,(H,31,34)(H,32,33). The highest BCUT2D eigenvalue weighted by Gasteiger charge is 2.67. The number of nitrogens with two attached hydrogens (primary N) is 1. The summed E-state index contributed by atoms with van der Waals surface area (Å²) in [4.78, 5) is 25.6. The van der Waals surface area contributed by atoms with E-state index in [9.17, 15) is 18.4 Å². The zero-order valence-corrected chi connectivity index (χ0v) is 21.4. The Hall–Kier alpha value is -2.14. The van der Waals surface area contributed by atoms with Gasteiger partial charge in [-0.25, -0.2) is 8.78 Å². The molecular formula is C23H15Cl3F2IN3O2. The van der Waals surface area contributed by atoms with Crippen LogP contribution < -0.4 is 16.4 Å². The molecule has 5 nitrogen and oxygen atoms in total. The second-order valence-corrected chi connectivity index (χ2v) is 10.7. The van der Waals surface area contributed by atoms with Crippen molar-refractivity contribution in [2.75, 3.05) is 16.4 Å². The van der Waals surface area contributed by atoms with Gasteiger partial charge in [0.25, 0.3) is 5.91 Å². The van der Waals surface area contributed by atoms with Crippen LogP contribution >= 0.6 is 57.4 Å². The molecule has 1 aliphatic rings. The molecule has 4 N–H and O–H groups in total. The predicted molar refractivity (Wildman–Crippen MR) is 139 cm³/mol. The van der Waals surface area contributed by atoms with Crippen molar-refractivity contribution in [3.8, 4) is 0 Å². The van der Waals surface area contributed by atoms with Crippen molar-refractivity contribution in [1.29, 1.82) is 0 Å². The monoisotopic (exact) mass is 635 g/mol. The van der Waals surface area contributed by atoms with Crippen LogP contribution in [-0.4, -0.2) is 16.1 Å². The first-order valence-electron chi connectivity index (χ1n) is 9.79. The number of alkyl halides is 2.